The standard InChI is InChI=1S/C34H36N4O8/c39-23-13-3-7-17-35(23)31(43)27-21-11-1-2-12-22(21)28(32(44)36-18-8-4-14-24(36)40)30(34(46)38-20-10-6-16-26(38)42)29(27)33(45)37-19-9-5-15-25(37)41/h1-2,11-12H,3-10,13-20H2. The van der Waals surface area contributed by atoms with E-state index in [9.17, 15) is 38.4 Å². The third kappa shape index (κ3) is 5.50. The highest BCUT2D eigenvalue weighted by atomic mass is 16.2. The minimum atomic E-state index is -0.949. The van der Waals surface area contributed by atoms with Gasteiger partial charge in [-0.15, -0.1) is 0 Å². The Labute approximate surface area is 265 Å². The Balaban J connectivity index is 1.70. The normalized spacial score (nSPS) is 19.6. The molecule has 2 aromatic carbocycles. The number of imide groups is 4. The number of fused-ring (bicyclic) bond motifs is 1. The number of carbonyl (C=O) groups excluding carboxylic acids is 8. The molecule has 12 nitrogen and oxygen atoms in total. The van der Waals surface area contributed by atoms with Gasteiger partial charge in [-0.05, 0) is 62.1 Å². The summed E-state index contributed by atoms with van der Waals surface area (Å²) in [5, 5.41) is 0.265. The van der Waals surface area contributed by atoms with Crippen LogP contribution in [0.3, 0.4) is 0 Å². The van der Waals surface area contributed by atoms with Gasteiger partial charge in [0.05, 0.1) is 22.3 Å². The quantitative estimate of drug-likeness (QED) is 0.468. The molecule has 8 amide bonds. The largest absolute Gasteiger partial charge is 0.278 e. The molecule has 0 spiro atoms. The maximum absolute atomic E-state index is 14.7. The maximum Gasteiger partial charge on any atom is 0.262 e. The van der Waals surface area contributed by atoms with E-state index < -0.39 is 58.4 Å². The van der Waals surface area contributed by atoms with Crippen LogP contribution >= 0.6 is 0 Å². The molecule has 4 saturated heterocycles. The number of nitrogens with zero attached hydrogens (tertiary/aromatic N) is 4. The van der Waals surface area contributed by atoms with Crippen molar-refractivity contribution in [3.8, 4) is 0 Å². The van der Waals surface area contributed by atoms with E-state index in [1.54, 1.807) is 12.1 Å². The van der Waals surface area contributed by atoms with Gasteiger partial charge in [0, 0.05) is 51.9 Å². The summed E-state index contributed by atoms with van der Waals surface area (Å²) < 4.78 is 0. The lowest BCUT2D eigenvalue weighted by atomic mass is 9.85. The number of benzene rings is 2. The molecule has 0 aliphatic carbocycles. The summed E-state index contributed by atoms with van der Waals surface area (Å²) >= 11 is 0. The third-order valence-electron chi connectivity index (χ3n) is 9.35. The van der Waals surface area contributed by atoms with Gasteiger partial charge >= 0.3 is 0 Å². The fourth-order valence-corrected chi connectivity index (χ4v) is 6.93. The van der Waals surface area contributed by atoms with E-state index >= 15 is 0 Å². The topological polar surface area (TPSA) is 150 Å². The molecule has 240 valence electrons. The van der Waals surface area contributed by atoms with E-state index in [2.05, 4.69) is 0 Å². The fourth-order valence-electron chi connectivity index (χ4n) is 6.93. The van der Waals surface area contributed by atoms with Gasteiger partial charge in [-0.3, -0.25) is 58.0 Å². The molecule has 0 aromatic heterocycles. The maximum atomic E-state index is 14.7. The summed E-state index contributed by atoms with van der Waals surface area (Å²) in [4.78, 5) is 115. The third-order valence-corrected chi connectivity index (χ3v) is 9.35. The van der Waals surface area contributed by atoms with Gasteiger partial charge in [-0.25, -0.2) is 0 Å². The highest BCUT2D eigenvalue weighted by Crippen LogP contribution is 2.37. The van der Waals surface area contributed by atoms with Gasteiger partial charge in [-0.2, -0.15) is 0 Å². The molecule has 0 bridgehead atoms. The number of hydrogen-bond donors (Lipinski definition) is 0. The van der Waals surface area contributed by atoms with Crippen LogP contribution in [-0.2, 0) is 19.2 Å². The summed E-state index contributed by atoms with van der Waals surface area (Å²) in [7, 11) is 0. The van der Waals surface area contributed by atoms with Crippen molar-refractivity contribution in [1.29, 1.82) is 0 Å². The molecule has 0 N–H and O–H groups in total. The Morgan fingerprint density at radius 3 is 0.913 bits per heavy atom. The first-order valence-electron chi connectivity index (χ1n) is 16.2. The minimum absolute atomic E-state index is 0.0327. The lowest BCUT2D eigenvalue weighted by molar-refractivity contribution is -0.131. The molecule has 2 aromatic rings. The minimum Gasteiger partial charge on any atom is -0.278 e. The highest BCUT2D eigenvalue weighted by molar-refractivity contribution is 6.30. The molecule has 0 unspecified atom stereocenters. The number of likely N-dealkylation sites (tertiary alicyclic amines) is 4. The Morgan fingerprint density at radius 2 is 0.652 bits per heavy atom. The lowest BCUT2D eigenvalue weighted by Crippen LogP contribution is -2.47. The fraction of sp³-hybridized carbons (Fsp3) is 0.471. The van der Waals surface area contributed by atoms with Crippen LogP contribution in [0.25, 0.3) is 10.8 Å². The summed E-state index contributed by atoms with van der Waals surface area (Å²) in [6.07, 6.45) is 4.80. The molecular weight excluding hydrogens is 592 g/mol. The van der Waals surface area contributed by atoms with Crippen LogP contribution in [0.5, 0.6) is 0 Å². The van der Waals surface area contributed by atoms with Gasteiger partial charge in [-0.1, -0.05) is 24.3 Å². The second-order valence-corrected chi connectivity index (χ2v) is 12.3. The van der Waals surface area contributed by atoms with Crippen LogP contribution in [0, 0.1) is 0 Å². The van der Waals surface area contributed by atoms with Crippen LogP contribution in [0.1, 0.15) is 118 Å². The number of carbonyl (C=O) groups is 8. The molecule has 6 rings (SSSR count). The molecule has 4 aliphatic heterocycles. The van der Waals surface area contributed by atoms with E-state index in [0.717, 1.165) is 19.6 Å². The number of amides is 8. The summed E-state index contributed by atoms with van der Waals surface area (Å²) in [5.74, 6) is -5.41. The van der Waals surface area contributed by atoms with E-state index in [1.807, 2.05) is 0 Å². The van der Waals surface area contributed by atoms with E-state index in [1.165, 1.54) is 12.1 Å². The van der Waals surface area contributed by atoms with Gasteiger partial charge in [0.2, 0.25) is 23.6 Å². The zero-order valence-electron chi connectivity index (χ0n) is 25.7. The monoisotopic (exact) mass is 628 g/mol. The van der Waals surface area contributed by atoms with Crippen LogP contribution in [-0.4, -0.2) is 93.0 Å². The summed E-state index contributed by atoms with van der Waals surface area (Å²) in [6.45, 7) is 0.258. The predicted octanol–water partition coefficient (Wildman–Crippen LogP) is 3.45. The van der Waals surface area contributed by atoms with E-state index in [-0.39, 0.29) is 73.8 Å². The second kappa shape index (κ2) is 12.9. The SMILES string of the molecule is O=C1CCCCN1C(=O)c1c(C(=O)N2CCCCC2=O)c(C(=O)N2CCCCC2=O)c2ccccc2c1C(=O)N1CCCCC1=O. The second-order valence-electron chi connectivity index (χ2n) is 12.3. The smallest absolute Gasteiger partial charge is 0.262 e. The van der Waals surface area contributed by atoms with Gasteiger partial charge in [0.15, 0.2) is 0 Å². The zero-order chi connectivity index (χ0) is 32.5. The summed E-state index contributed by atoms with van der Waals surface area (Å²) in [6, 6.07) is 6.27. The van der Waals surface area contributed by atoms with Gasteiger partial charge in [0.1, 0.15) is 0 Å². The lowest BCUT2D eigenvalue weighted by Gasteiger charge is -2.33. The van der Waals surface area contributed by atoms with Gasteiger partial charge in [0.25, 0.3) is 23.6 Å². The van der Waals surface area contributed by atoms with Crippen molar-refractivity contribution < 1.29 is 38.4 Å². The molecule has 0 radical (unpaired) electrons. The first kappa shape index (κ1) is 31.3. The predicted molar refractivity (Wildman–Crippen MR) is 164 cm³/mol. The molecule has 4 heterocycles. The first-order chi connectivity index (χ1) is 22.2. The van der Waals surface area contributed by atoms with Crippen LogP contribution < -0.4 is 0 Å². The van der Waals surface area contributed by atoms with Crippen molar-refractivity contribution in [2.45, 2.75) is 77.0 Å². The van der Waals surface area contributed by atoms with E-state index in [0.29, 0.717) is 51.4 Å². The molecule has 12 heteroatoms. The van der Waals surface area contributed by atoms with Crippen molar-refractivity contribution in [2.75, 3.05) is 26.2 Å². The van der Waals surface area contributed by atoms with Crippen molar-refractivity contribution in [3.05, 3.63) is 46.5 Å². The number of hydrogen-bond acceptors (Lipinski definition) is 8. The zero-order valence-corrected chi connectivity index (χ0v) is 25.7. The van der Waals surface area contributed by atoms with Crippen molar-refractivity contribution in [3.63, 3.8) is 0 Å². The molecule has 46 heavy (non-hydrogen) atoms. The number of rotatable bonds is 4. The van der Waals surface area contributed by atoms with Crippen molar-refractivity contribution in [1.82, 2.24) is 19.6 Å². The van der Waals surface area contributed by atoms with Crippen molar-refractivity contribution >= 4 is 58.0 Å². The van der Waals surface area contributed by atoms with E-state index in [4.69, 9.17) is 0 Å². The molecule has 0 atom stereocenters. The van der Waals surface area contributed by atoms with Crippen molar-refractivity contribution in [2.24, 2.45) is 0 Å². The Morgan fingerprint density at radius 1 is 0.391 bits per heavy atom. The Bertz CT molecular complexity index is 1570. The Kier molecular flexibility index (Phi) is 8.79. The average Bonchev–Trinajstić information content (AvgIpc) is 3.07. The Hall–Kier alpha value is -4.74. The highest BCUT2D eigenvalue weighted by Gasteiger charge is 2.42. The van der Waals surface area contributed by atoms with Crippen LogP contribution in [0.15, 0.2) is 24.3 Å². The van der Waals surface area contributed by atoms with Crippen LogP contribution in [0.2, 0.25) is 0 Å². The molecule has 0 saturated carbocycles. The molecule has 4 aliphatic rings. The first-order valence-corrected chi connectivity index (χ1v) is 16.2. The number of piperidine rings is 4. The summed E-state index contributed by atoms with van der Waals surface area (Å²) in [5.41, 5.74) is -1.53. The van der Waals surface area contributed by atoms with Crippen LogP contribution in [0.4, 0.5) is 0 Å². The average molecular weight is 629 g/mol. The van der Waals surface area contributed by atoms with Gasteiger partial charge < -0.3 is 0 Å². The molecular formula is C34H36N4O8. The molecule has 4 fully saturated rings.